The van der Waals surface area contributed by atoms with Crippen molar-refractivity contribution in [2.45, 2.75) is 10.9 Å². The molecule has 0 bridgehead atoms. The Balaban J connectivity index is 1.51. The molecule has 0 unspecified atom stereocenters. The van der Waals surface area contributed by atoms with Gasteiger partial charge in [-0.3, -0.25) is 4.98 Å². The molecule has 1 heterocycles. The van der Waals surface area contributed by atoms with Crippen LogP contribution in [0.25, 0.3) is 28.5 Å². The molecule has 4 N–H and O–H groups in total. The average molecular weight is 475 g/mol. The molecule has 1 aliphatic carbocycles. The highest BCUT2D eigenvalue weighted by Gasteiger charge is 2.31. The lowest BCUT2D eigenvalue weighted by molar-refractivity contribution is 0.369. The second kappa shape index (κ2) is 8.36. The number of hydrogen-bond donors (Lipinski definition) is 3. The monoisotopic (exact) mass is 474 g/mol. The first-order chi connectivity index (χ1) is 16.3. The number of benzene rings is 3. The van der Waals surface area contributed by atoms with Gasteiger partial charge in [-0.2, -0.15) is 4.72 Å². The SMILES string of the molecule is Nc1cnc(-c2ccc(-c3ccccc3S(=O)(=O)N[C@H]3C(O)=Cc4ccccc43)cc2F)cn1. The van der Waals surface area contributed by atoms with E-state index in [9.17, 15) is 17.9 Å². The highest BCUT2D eigenvalue weighted by atomic mass is 32.2. The van der Waals surface area contributed by atoms with Gasteiger partial charge in [0, 0.05) is 11.1 Å². The maximum atomic E-state index is 15.0. The van der Waals surface area contributed by atoms with Gasteiger partial charge in [-0.05, 0) is 41.0 Å². The maximum Gasteiger partial charge on any atom is 0.242 e. The number of nitrogens with one attached hydrogen (secondary N) is 1. The van der Waals surface area contributed by atoms with Gasteiger partial charge in [0.15, 0.2) is 0 Å². The molecule has 0 saturated heterocycles. The Kier molecular flexibility index (Phi) is 5.35. The minimum atomic E-state index is -4.09. The first kappa shape index (κ1) is 21.7. The molecule has 0 radical (unpaired) electrons. The summed E-state index contributed by atoms with van der Waals surface area (Å²) in [7, 11) is -4.09. The first-order valence-electron chi connectivity index (χ1n) is 10.3. The summed E-state index contributed by atoms with van der Waals surface area (Å²) in [6, 6.07) is 16.9. The zero-order valence-corrected chi connectivity index (χ0v) is 18.5. The molecule has 0 spiro atoms. The molecule has 0 aliphatic heterocycles. The van der Waals surface area contributed by atoms with Crippen LogP contribution >= 0.6 is 0 Å². The molecular weight excluding hydrogens is 455 g/mol. The van der Waals surface area contributed by atoms with Crippen molar-refractivity contribution in [2.24, 2.45) is 0 Å². The number of rotatable bonds is 5. The number of nitrogens with zero attached hydrogens (tertiary/aromatic N) is 2. The molecule has 0 amide bonds. The van der Waals surface area contributed by atoms with Gasteiger partial charge in [-0.15, -0.1) is 0 Å². The molecule has 9 heteroatoms. The Morgan fingerprint density at radius 1 is 0.941 bits per heavy atom. The second-order valence-corrected chi connectivity index (χ2v) is 9.45. The quantitative estimate of drug-likeness (QED) is 0.393. The summed E-state index contributed by atoms with van der Waals surface area (Å²) in [4.78, 5) is 7.98. The topological polar surface area (TPSA) is 118 Å². The number of aliphatic hydroxyl groups excluding tert-OH is 1. The average Bonchev–Trinajstić information content (AvgIpc) is 3.14. The third-order valence-electron chi connectivity index (χ3n) is 5.58. The molecule has 7 nitrogen and oxygen atoms in total. The number of anilines is 1. The summed E-state index contributed by atoms with van der Waals surface area (Å²) in [6.45, 7) is 0. The molecule has 5 rings (SSSR count). The predicted octanol–water partition coefficient (Wildman–Crippen LogP) is 4.46. The van der Waals surface area contributed by atoms with E-state index in [0.29, 0.717) is 22.4 Å². The number of sulfonamides is 1. The van der Waals surface area contributed by atoms with E-state index in [4.69, 9.17) is 5.73 Å². The number of fused-ring (bicyclic) bond motifs is 1. The molecule has 0 fully saturated rings. The standard InChI is InChI=1S/C25H19FN4O3S/c26-20-11-16(9-10-19(20)21-13-29-24(27)14-28-21)17-6-3-4-8-23(17)34(32,33)30-25-18-7-2-1-5-15(18)12-22(25)31/h1-14,25,30-31H,(H2,27,29)/t25-/m1/s1. The van der Waals surface area contributed by atoms with Crippen LogP contribution in [0, 0.1) is 5.82 Å². The van der Waals surface area contributed by atoms with Crippen molar-refractivity contribution >= 4 is 21.9 Å². The summed E-state index contributed by atoms with van der Waals surface area (Å²) >= 11 is 0. The molecule has 4 aromatic rings. The lowest BCUT2D eigenvalue weighted by atomic mass is 10.0. The van der Waals surface area contributed by atoms with Crippen LogP contribution in [-0.2, 0) is 10.0 Å². The zero-order chi connectivity index (χ0) is 23.9. The number of aromatic nitrogens is 2. The van der Waals surface area contributed by atoms with Crippen LogP contribution in [-0.4, -0.2) is 23.5 Å². The van der Waals surface area contributed by atoms with Crippen molar-refractivity contribution in [1.29, 1.82) is 0 Å². The maximum absolute atomic E-state index is 15.0. The molecule has 34 heavy (non-hydrogen) atoms. The molecule has 3 aromatic carbocycles. The number of hydrogen-bond acceptors (Lipinski definition) is 6. The van der Waals surface area contributed by atoms with Crippen LogP contribution in [0.3, 0.4) is 0 Å². The van der Waals surface area contributed by atoms with Crippen LogP contribution < -0.4 is 10.5 Å². The molecular formula is C25H19FN4O3S. The minimum absolute atomic E-state index is 0.0355. The number of nitrogen functional groups attached to an aromatic ring is 1. The van der Waals surface area contributed by atoms with Crippen LogP contribution in [0.15, 0.2) is 89.8 Å². The predicted molar refractivity (Wildman–Crippen MR) is 127 cm³/mol. The van der Waals surface area contributed by atoms with Crippen molar-refractivity contribution < 1.29 is 17.9 Å². The summed E-state index contributed by atoms with van der Waals surface area (Å²) in [5.74, 6) is -0.456. The van der Waals surface area contributed by atoms with Crippen molar-refractivity contribution in [2.75, 3.05) is 5.73 Å². The number of aliphatic hydroxyl groups is 1. The van der Waals surface area contributed by atoms with Gasteiger partial charge in [-0.25, -0.2) is 17.8 Å². The summed E-state index contributed by atoms with van der Waals surface area (Å²) in [5.41, 5.74) is 8.15. The smallest absolute Gasteiger partial charge is 0.242 e. The number of nitrogens with two attached hydrogens (primary N) is 1. The highest BCUT2D eigenvalue weighted by molar-refractivity contribution is 7.89. The number of halogens is 1. The lowest BCUT2D eigenvalue weighted by Gasteiger charge is -2.18. The van der Waals surface area contributed by atoms with Crippen molar-refractivity contribution in [3.63, 3.8) is 0 Å². The third kappa shape index (κ3) is 3.91. The van der Waals surface area contributed by atoms with Crippen molar-refractivity contribution in [3.05, 3.63) is 102 Å². The van der Waals surface area contributed by atoms with Crippen LogP contribution in [0.2, 0.25) is 0 Å². The van der Waals surface area contributed by atoms with Gasteiger partial charge in [-0.1, -0.05) is 48.5 Å². The second-order valence-electron chi connectivity index (χ2n) is 7.77. The van der Waals surface area contributed by atoms with E-state index >= 15 is 0 Å². The van der Waals surface area contributed by atoms with Crippen molar-refractivity contribution in [1.82, 2.24) is 14.7 Å². The Morgan fingerprint density at radius 3 is 2.47 bits per heavy atom. The van der Waals surface area contributed by atoms with E-state index in [1.54, 1.807) is 42.5 Å². The van der Waals surface area contributed by atoms with Crippen LogP contribution in [0.5, 0.6) is 0 Å². The van der Waals surface area contributed by atoms with Gasteiger partial charge in [0.2, 0.25) is 10.0 Å². The van der Waals surface area contributed by atoms with E-state index in [2.05, 4.69) is 14.7 Å². The van der Waals surface area contributed by atoms with Gasteiger partial charge in [0.05, 0.1) is 23.0 Å². The fourth-order valence-electron chi connectivity index (χ4n) is 3.96. The normalized spacial score (nSPS) is 15.1. The van der Waals surface area contributed by atoms with Gasteiger partial charge >= 0.3 is 0 Å². The lowest BCUT2D eigenvalue weighted by Crippen LogP contribution is -2.29. The molecule has 1 aliphatic rings. The molecule has 1 aromatic heterocycles. The van der Waals surface area contributed by atoms with Gasteiger partial charge in [0.1, 0.15) is 23.4 Å². The highest BCUT2D eigenvalue weighted by Crippen LogP contribution is 2.36. The molecule has 1 atom stereocenters. The zero-order valence-electron chi connectivity index (χ0n) is 17.7. The summed E-state index contributed by atoms with van der Waals surface area (Å²) in [6.07, 6.45) is 4.24. The van der Waals surface area contributed by atoms with E-state index in [1.165, 1.54) is 36.7 Å². The van der Waals surface area contributed by atoms with Crippen LogP contribution in [0.1, 0.15) is 17.2 Å². The minimum Gasteiger partial charge on any atom is -0.510 e. The van der Waals surface area contributed by atoms with Gasteiger partial charge < -0.3 is 10.8 Å². The molecule has 0 saturated carbocycles. The first-order valence-corrected chi connectivity index (χ1v) is 11.8. The van der Waals surface area contributed by atoms with E-state index in [1.807, 2.05) is 6.07 Å². The Morgan fingerprint density at radius 2 is 1.71 bits per heavy atom. The fraction of sp³-hybridized carbons (Fsp3) is 0.0400. The van der Waals surface area contributed by atoms with E-state index in [0.717, 1.165) is 5.56 Å². The Hall–Kier alpha value is -4.08. The Labute approximate surface area is 195 Å². The summed E-state index contributed by atoms with van der Waals surface area (Å²) in [5, 5.41) is 10.4. The third-order valence-corrected chi connectivity index (χ3v) is 7.06. The van der Waals surface area contributed by atoms with Gasteiger partial charge in [0.25, 0.3) is 0 Å². The summed E-state index contributed by atoms with van der Waals surface area (Å²) < 4.78 is 44.3. The van der Waals surface area contributed by atoms with Crippen LogP contribution in [0.4, 0.5) is 10.2 Å². The largest absolute Gasteiger partial charge is 0.510 e. The molecule has 170 valence electrons. The fourth-order valence-corrected chi connectivity index (χ4v) is 5.37. The van der Waals surface area contributed by atoms with E-state index in [-0.39, 0.29) is 22.0 Å². The Bertz CT molecular complexity index is 1540. The van der Waals surface area contributed by atoms with Crippen molar-refractivity contribution in [3.8, 4) is 22.4 Å². The van der Waals surface area contributed by atoms with E-state index < -0.39 is 21.9 Å².